The Balaban J connectivity index is 1.62. The van der Waals surface area contributed by atoms with Gasteiger partial charge in [0.1, 0.15) is 10.6 Å². The van der Waals surface area contributed by atoms with E-state index in [1.54, 1.807) is 22.5 Å². The van der Waals surface area contributed by atoms with E-state index in [2.05, 4.69) is 10.4 Å². The number of thioether (sulfide) groups is 1. The zero-order valence-corrected chi connectivity index (χ0v) is 14.9. The van der Waals surface area contributed by atoms with E-state index in [1.807, 2.05) is 20.0 Å². The fraction of sp³-hybridized carbons (Fsp3) is 0.294. The molecule has 0 saturated heterocycles. The number of aromatic nitrogens is 2. The van der Waals surface area contributed by atoms with Crippen LogP contribution in [0.4, 0.5) is 4.39 Å². The van der Waals surface area contributed by atoms with Crippen LogP contribution < -0.4 is 5.32 Å². The molecule has 1 N–H and O–H groups in total. The van der Waals surface area contributed by atoms with Crippen molar-refractivity contribution in [1.29, 1.82) is 0 Å². The van der Waals surface area contributed by atoms with Gasteiger partial charge in [0.15, 0.2) is 0 Å². The minimum Gasteiger partial charge on any atom is -0.344 e. The van der Waals surface area contributed by atoms with Crippen molar-refractivity contribution in [3.8, 4) is 0 Å². The first-order valence-electron chi connectivity index (χ1n) is 7.69. The lowest BCUT2D eigenvalue weighted by Gasteiger charge is -2.25. The van der Waals surface area contributed by atoms with Crippen LogP contribution in [0.5, 0.6) is 0 Å². The van der Waals surface area contributed by atoms with E-state index in [-0.39, 0.29) is 17.8 Å². The molecule has 0 fully saturated rings. The van der Waals surface area contributed by atoms with Crippen molar-refractivity contribution < 1.29 is 9.18 Å². The Morgan fingerprint density at radius 1 is 1.42 bits per heavy atom. The molecule has 1 unspecified atom stereocenters. The van der Waals surface area contributed by atoms with Crippen LogP contribution in [0, 0.1) is 12.7 Å². The van der Waals surface area contributed by atoms with Gasteiger partial charge in [-0.1, -0.05) is 0 Å². The second-order valence-electron chi connectivity index (χ2n) is 5.88. The molecule has 1 aliphatic heterocycles. The SMILES string of the molecule is Cc1nn(C)c2sc(C(=O)NC3CCSc4ccc(F)cc43)cc12. The van der Waals surface area contributed by atoms with Crippen LogP contribution in [0.25, 0.3) is 10.2 Å². The Bertz CT molecular complexity index is 912. The van der Waals surface area contributed by atoms with Crippen LogP contribution in [-0.4, -0.2) is 21.4 Å². The fourth-order valence-corrected chi connectivity index (χ4v) is 5.19. The normalized spacial score (nSPS) is 17.0. The van der Waals surface area contributed by atoms with Crippen molar-refractivity contribution in [3.05, 3.63) is 46.2 Å². The summed E-state index contributed by atoms with van der Waals surface area (Å²) >= 11 is 3.14. The number of thiophene rings is 1. The van der Waals surface area contributed by atoms with Gasteiger partial charge in [-0.25, -0.2) is 4.39 Å². The Kier molecular flexibility index (Phi) is 3.85. The number of halogens is 1. The standard InChI is InChI=1S/C17H16FN3OS2/c1-9-11-8-15(24-17(11)21(2)20-9)16(22)19-13-5-6-23-14-4-3-10(18)7-12(13)14/h3-4,7-8,13H,5-6H2,1-2H3,(H,19,22). The van der Waals surface area contributed by atoms with Gasteiger partial charge in [0.05, 0.1) is 16.6 Å². The average Bonchev–Trinajstić information content (AvgIpc) is 3.10. The lowest BCUT2D eigenvalue weighted by molar-refractivity contribution is 0.0939. The van der Waals surface area contributed by atoms with Crippen LogP contribution >= 0.6 is 23.1 Å². The number of hydrogen-bond acceptors (Lipinski definition) is 4. The molecule has 3 aromatic rings. The summed E-state index contributed by atoms with van der Waals surface area (Å²) in [6, 6.07) is 6.54. The first kappa shape index (κ1) is 15.7. The predicted octanol–water partition coefficient (Wildman–Crippen LogP) is 4.05. The number of aryl methyl sites for hydroxylation is 2. The third kappa shape index (κ3) is 2.61. The first-order valence-corrected chi connectivity index (χ1v) is 9.49. The number of fused-ring (bicyclic) bond motifs is 2. The lowest BCUT2D eigenvalue weighted by Crippen LogP contribution is -2.30. The highest BCUT2D eigenvalue weighted by atomic mass is 32.2. The number of amides is 1. The quantitative estimate of drug-likeness (QED) is 0.749. The van der Waals surface area contributed by atoms with Crippen LogP contribution in [0.2, 0.25) is 0 Å². The number of nitrogens with zero attached hydrogens (tertiary/aromatic N) is 2. The second-order valence-corrected chi connectivity index (χ2v) is 8.05. The van der Waals surface area contributed by atoms with Crippen LogP contribution in [-0.2, 0) is 7.05 Å². The maximum atomic E-state index is 13.6. The molecule has 0 bridgehead atoms. The predicted molar refractivity (Wildman–Crippen MR) is 95.3 cm³/mol. The van der Waals surface area contributed by atoms with Crippen LogP contribution in [0.15, 0.2) is 29.2 Å². The van der Waals surface area contributed by atoms with E-state index in [0.717, 1.165) is 38.5 Å². The Hall–Kier alpha value is -1.86. The molecule has 4 rings (SSSR count). The highest BCUT2D eigenvalue weighted by molar-refractivity contribution is 7.99. The highest BCUT2D eigenvalue weighted by Crippen LogP contribution is 2.37. The molecule has 1 atom stereocenters. The lowest BCUT2D eigenvalue weighted by atomic mass is 10.0. The van der Waals surface area contributed by atoms with E-state index in [9.17, 15) is 9.18 Å². The van der Waals surface area contributed by atoms with Crippen molar-refractivity contribution in [2.45, 2.75) is 24.3 Å². The molecule has 24 heavy (non-hydrogen) atoms. The molecule has 1 aliphatic rings. The zero-order valence-electron chi connectivity index (χ0n) is 13.3. The molecule has 2 aromatic heterocycles. The minimum absolute atomic E-state index is 0.109. The molecule has 1 amide bonds. The summed E-state index contributed by atoms with van der Waals surface area (Å²) in [6.07, 6.45) is 0.804. The molecule has 0 spiro atoms. The number of rotatable bonds is 2. The summed E-state index contributed by atoms with van der Waals surface area (Å²) < 4.78 is 15.4. The van der Waals surface area contributed by atoms with E-state index < -0.39 is 0 Å². The molecule has 0 aliphatic carbocycles. The van der Waals surface area contributed by atoms with Gasteiger partial charge < -0.3 is 5.32 Å². The van der Waals surface area contributed by atoms with E-state index >= 15 is 0 Å². The maximum absolute atomic E-state index is 13.6. The maximum Gasteiger partial charge on any atom is 0.261 e. The van der Waals surface area contributed by atoms with E-state index in [4.69, 9.17) is 0 Å². The van der Waals surface area contributed by atoms with E-state index in [0.29, 0.717) is 4.88 Å². The van der Waals surface area contributed by atoms with Gasteiger partial charge >= 0.3 is 0 Å². The van der Waals surface area contributed by atoms with Crippen molar-refractivity contribution in [2.24, 2.45) is 7.05 Å². The number of carbonyl (C=O) groups is 1. The molecular formula is C17H16FN3OS2. The number of nitrogens with one attached hydrogen (secondary N) is 1. The number of benzene rings is 1. The summed E-state index contributed by atoms with van der Waals surface area (Å²) in [6.45, 7) is 1.94. The van der Waals surface area contributed by atoms with Gasteiger partial charge in [-0.05, 0) is 43.2 Å². The first-order chi connectivity index (χ1) is 11.5. The second kappa shape index (κ2) is 5.89. The molecule has 1 aromatic carbocycles. The zero-order chi connectivity index (χ0) is 16.8. The van der Waals surface area contributed by atoms with Crippen molar-refractivity contribution in [3.63, 3.8) is 0 Å². The third-order valence-electron chi connectivity index (χ3n) is 4.24. The molecule has 124 valence electrons. The Morgan fingerprint density at radius 2 is 2.25 bits per heavy atom. The molecule has 3 heterocycles. The van der Waals surface area contributed by atoms with Gasteiger partial charge in [0.2, 0.25) is 0 Å². The van der Waals surface area contributed by atoms with Gasteiger partial charge in [0.25, 0.3) is 5.91 Å². The average molecular weight is 361 g/mol. The number of hydrogen-bond donors (Lipinski definition) is 1. The molecule has 0 saturated carbocycles. The highest BCUT2D eigenvalue weighted by Gasteiger charge is 2.24. The topological polar surface area (TPSA) is 46.9 Å². The van der Waals surface area contributed by atoms with Gasteiger partial charge in [-0.2, -0.15) is 5.10 Å². The van der Waals surface area contributed by atoms with Gasteiger partial charge in [-0.3, -0.25) is 9.48 Å². The molecule has 7 heteroatoms. The molecule has 4 nitrogen and oxygen atoms in total. The van der Waals surface area contributed by atoms with Crippen molar-refractivity contribution >= 4 is 39.2 Å². The Morgan fingerprint density at radius 3 is 3.04 bits per heavy atom. The summed E-state index contributed by atoms with van der Waals surface area (Å²) in [5.41, 5.74) is 1.79. The monoisotopic (exact) mass is 361 g/mol. The van der Waals surface area contributed by atoms with Crippen molar-refractivity contribution in [2.75, 3.05) is 5.75 Å². The third-order valence-corrected chi connectivity index (χ3v) is 6.56. The van der Waals surface area contributed by atoms with E-state index in [1.165, 1.54) is 23.5 Å². The summed E-state index contributed by atoms with van der Waals surface area (Å²) in [5, 5.41) is 8.44. The summed E-state index contributed by atoms with van der Waals surface area (Å²) in [4.78, 5) is 15.4. The Labute approximate surface area is 147 Å². The van der Waals surface area contributed by atoms with Gasteiger partial charge in [0, 0.05) is 23.1 Å². The summed E-state index contributed by atoms with van der Waals surface area (Å²) in [5.74, 6) is 0.542. The van der Waals surface area contributed by atoms with Crippen LogP contribution in [0.3, 0.4) is 0 Å². The van der Waals surface area contributed by atoms with Crippen molar-refractivity contribution in [1.82, 2.24) is 15.1 Å². The molecular weight excluding hydrogens is 345 g/mol. The minimum atomic E-state index is -0.265. The van der Waals surface area contributed by atoms with Gasteiger partial charge in [-0.15, -0.1) is 23.1 Å². The molecule has 0 radical (unpaired) electrons. The smallest absolute Gasteiger partial charge is 0.261 e. The fourth-order valence-electron chi connectivity index (χ4n) is 3.06. The number of carbonyl (C=O) groups excluding carboxylic acids is 1. The largest absolute Gasteiger partial charge is 0.344 e. The van der Waals surface area contributed by atoms with Crippen LogP contribution in [0.1, 0.15) is 33.4 Å². The summed E-state index contributed by atoms with van der Waals surface area (Å²) in [7, 11) is 1.88.